The molecule has 20 heavy (non-hydrogen) atoms. The highest BCUT2D eigenvalue weighted by Crippen LogP contribution is 2.30. The Kier molecular flexibility index (Phi) is 2.53. The predicted molar refractivity (Wildman–Crippen MR) is 85.7 cm³/mol. The molecule has 0 aliphatic heterocycles. The summed E-state index contributed by atoms with van der Waals surface area (Å²) >= 11 is 0. The van der Waals surface area contributed by atoms with Crippen LogP contribution < -0.4 is 0 Å². The standard InChI is InChI=1S/C20H13/c1-2-8-17-14-18(13-12-15(17)6-1)20-11-5-9-16-7-3-4-10-19(16)20/h1-6,8-14H. The fourth-order valence-electron chi connectivity index (χ4n) is 2.76. The van der Waals surface area contributed by atoms with Gasteiger partial charge in [0.25, 0.3) is 0 Å². The quantitative estimate of drug-likeness (QED) is 0.422. The Hall–Kier alpha value is -2.60. The van der Waals surface area contributed by atoms with Gasteiger partial charge >= 0.3 is 0 Å². The molecule has 0 heterocycles. The maximum atomic E-state index is 3.30. The van der Waals surface area contributed by atoms with E-state index in [0.29, 0.717) is 0 Å². The van der Waals surface area contributed by atoms with E-state index in [1.54, 1.807) is 0 Å². The lowest BCUT2D eigenvalue weighted by Crippen LogP contribution is -1.82. The molecule has 0 atom stereocenters. The first-order valence-electron chi connectivity index (χ1n) is 6.80. The van der Waals surface area contributed by atoms with Gasteiger partial charge in [0.15, 0.2) is 0 Å². The van der Waals surface area contributed by atoms with Crippen molar-refractivity contribution >= 4 is 21.5 Å². The summed E-state index contributed by atoms with van der Waals surface area (Å²) in [6.45, 7) is 0. The highest BCUT2D eigenvalue weighted by atomic mass is 14.1. The second-order valence-corrected chi connectivity index (χ2v) is 5.00. The Balaban J connectivity index is 2.01. The Bertz CT molecular complexity index is 898. The van der Waals surface area contributed by atoms with Crippen LogP contribution in [0.3, 0.4) is 0 Å². The molecular formula is C20H13. The summed E-state index contributed by atoms with van der Waals surface area (Å²) in [5.41, 5.74) is 2.53. The smallest absolute Gasteiger partial charge is 0.00990 e. The van der Waals surface area contributed by atoms with E-state index < -0.39 is 0 Å². The van der Waals surface area contributed by atoms with E-state index in [1.807, 2.05) is 12.1 Å². The number of rotatable bonds is 1. The highest BCUT2D eigenvalue weighted by Gasteiger charge is 2.04. The summed E-state index contributed by atoms with van der Waals surface area (Å²) in [6.07, 6.45) is 0. The Morgan fingerprint density at radius 2 is 1.55 bits per heavy atom. The molecule has 4 aromatic carbocycles. The molecule has 4 rings (SSSR count). The maximum Gasteiger partial charge on any atom is -0.00990 e. The first-order chi connectivity index (χ1) is 9.92. The van der Waals surface area contributed by atoms with Gasteiger partial charge in [-0.15, -0.1) is 0 Å². The van der Waals surface area contributed by atoms with Crippen LogP contribution in [0.15, 0.2) is 78.9 Å². The van der Waals surface area contributed by atoms with Gasteiger partial charge in [0, 0.05) is 0 Å². The van der Waals surface area contributed by atoms with E-state index in [-0.39, 0.29) is 0 Å². The van der Waals surface area contributed by atoms with E-state index in [0.717, 1.165) is 5.39 Å². The van der Waals surface area contributed by atoms with Crippen molar-refractivity contribution in [2.24, 2.45) is 0 Å². The van der Waals surface area contributed by atoms with Crippen molar-refractivity contribution in [2.75, 3.05) is 0 Å². The topological polar surface area (TPSA) is 0 Å². The molecule has 0 saturated heterocycles. The summed E-state index contributed by atoms with van der Waals surface area (Å²) in [4.78, 5) is 0. The monoisotopic (exact) mass is 253 g/mol. The molecule has 0 aliphatic rings. The molecule has 0 unspecified atom stereocenters. The first-order valence-corrected chi connectivity index (χ1v) is 6.80. The maximum absolute atomic E-state index is 3.30. The molecule has 93 valence electrons. The molecule has 0 aliphatic carbocycles. The molecule has 0 bridgehead atoms. The van der Waals surface area contributed by atoms with Crippen LogP contribution in [-0.2, 0) is 0 Å². The van der Waals surface area contributed by atoms with Crippen LogP contribution in [0.2, 0.25) is 0 Å². The molecule has 0 saturated carbocycles. The molecule has 4 aromatic rings. The number of hydrogen-bond donors (Lipinski definition) is 0. The normalized spacial score (nSPS) is 11.0. The van der Waals surface area contributed by atoms with Crippen LogP contribution in [-0.4, -0.2) is 0 Å². The van der Waals surface area contributed by atoms with Crippen LogP contribution in [0, 0.1) is 6.07 Å². The van der Waals surface area contributed by atoms with Crippen molar-refractivity contribution < 1.29 is 0 Å². The van der Waals surface area contributed by atoms with E-state index in [1.165, 1.54) is 27.3 Å². The molecule has 0 amide bonds. The molecule has 0 spiro atoms. The minimum absolute atomic E-state index is 1.16. The lowest BCUT2D eigenvalue weighted by Gasteiger charge is -2.08. The SMILES string of the molecule is [c]1cccc2c(-c3ccc4ccccc4c3)cccc12. The Morgan fingerprint density at radius 3 is 2.50 bits per heavy atom. The van der Waals surface area contributed by atoms with E-state index in [9.17, 15) is 0 Å². The minimum atomic E-state index is 1.16. The predicted octanol–water partition coefficient (Wildman–Crippen LogP) is 5.46. The van der Waals surface area contributed by atoms with E-state index in [4.69, 9.17) is 0 Å². The van der Waals surface area contributed by atoms with Crippen LogP contribution in [0.4, 0.5) is 0 Å². The molecule has 0 N–H and O–H groups in total. The minimum Gasteiger partial charge on any atom is -0.0616 e. The third kappa shape index (κ3) is 1.78. The molecule has 0 aromatic heterocycles. The van der Waals surface area contributed by atoms with Crippen molar-refractivity contribution in [3.8, 4) is 11.1 Å². The third-order valence-corrected chi connectivity index (χ3v) is 3.76. The van der Waals surface area contributed by atoms with Gasteiger partial charge in [-0.2, -0.15) is 0 Å². The Labute approximate surface area is 118 Å². The zero-order chi connectivity index (χ0) is 13.4. The van der Waals surface area contributed by atoms with Gasteiger partial charge in [-0.25, -0.2) is 0 Å². The summed E-state index contributed by atoms with van der Waals surface area (Å²) in [7, 11) is 0. The van der Waals surface area contributed by atoms with E-state index >= 15 is 0 Å². The van der Waals surface area contributed by atoms with E-state index in [2.05, 4.69) is 72.8 Å². The van der Waals surface area contributed by atoms with Gasteiger partial charge in [0.05, 0.1) is 0 Å². The lowest BCUT2D eigenvalue weighted by molar-refractivity contribution is 1.67. The second kappa shape index (κ2) is 4.50. The number of fused-ring (bicyclic) bond motifs is 2. The van der Waals surface area contributed by atoms with Gasteiger partial charge < -0.3 is 0 Å². The number of hydrogen-bond acceptors (Lipinski definition) is 0. The second-order valence-electron chi connectivity index (χ2n) is 5.00. The van der Waals surface area contributed by atoms with Crippen LogP contribution in [0.1, 0.15) is 0 Å². The Morgan fingerprint density at radius 1 is 0.650 bits per heavy atom. The summed E-state index contributed by atoms with van der Waals surface area (Å²) < 4.78 is 0. The largest absolute Gasteiger partial charge is 0.0616 e. The van der Waals surface area contributed by atoms with Crippen LogP contribution in [0.25, 0.3) is 32.7 Å². The van der Waals surface area contributed by atoms with Gasteiger partial charge in [-0.3, -0.25) is 0 Å². The molecule has 0 fully saturated rings. The average molecular weight is 253 g/mol. The van der Waals surface area contributed by atoms with Crippen molar-refractivity contribution in [3.05, 3.63) is 84.9 Å². The lowest BCUT2D eigenvalue weighted by atomic mass is 9.96. The van der Waals surface area contributed by atoms with Crippen LogP contribution in [0.5, 0.6) is 0 Å². The van der Waals surface area contributed by atoms with Gasteiger partial charge in [0.2, 0.25) is 0 Å². The van der Waals surface area contributed by atoms with Crippen molar-refractivity contribution in [2.45, 2.75) is 0 Å². The molecular weight excluding hydrogens is 240 g/mol. The van der Waals surface area contributed by atoms with Gasteiger partial charge in [-0.05, 0) is 44.8 Å². The van der Waals surface area contributed by atoms with Crippen molar-refractivity contribution in [1.82, 2.24) is 0 Å². The van der Waals surface area contributed by atoms with Gasteiger partial charge in [0.1, 0.15) is 0 Å². The summed E-state index contributed by atoms with van der Waals surface area (Å²) in [5, 5.41) is 4.98. The van der Waals surface area contributed by atoms with Crippen LogP contribution >= 0.6 is 0 Å². The summed E-state index contributed by atoms with van der Waals surface area (Å²) in [6, 6.07) is 31.0. The van der Waals surface area contributed by atoms with Gasteiger partial charge in [-0.1, -0.05) is 72.8 Å². The van der Waals surface area contributed by atoms with Crippen molar-refractivity contribution in [1.29, 1.82) is 0 Å². The molecule has 0 nitrogen and oxygen atoms in total. The number of benzene rings is 4. The fourth-order valence-corrected chi connectivity index (χ4v) is 2.76. The highest BCUT2D eigenvalue weighted by molar-refractivity contribution is 5.98. The zero-order valence-corrected chi connectivity index (χ0v) is 11.0. The molecule has 1 radical (unpaired) electrons. The first kappa shape index (κ1) is 11.2. The fraction of sp³-hybridized carbons (Fsp3) is 0. The third-order valence-electron chi connectivity index (χ3n) is 3.76. The zero-order valence-electron chi connectivity index (χ0n) is 11.0. The van der Waals surface area contributed by atoms with Crippen molar-refractivity contribution in [3.63, 3.8) is 0 Å². The average Bonchev–Trinajstić information content (AvgIpc) is 2.54. The summed E-state index contributed by atoms with van der Waals surface area (Å²) in [5.74, 6) is 0. The molecule has 0 heteroatoms.